The fourth-order valence-corrected chi connectivity index (χ4v) is 2.28. The highest BCUT2D eigenvalue weighted by Crippen LogP contribution is 2.24. The quantitative estimate of drug-likeness (QED) is 0.748. The molecule has 3 N–H and O–H groups in total. The molecule has 2 aromatic rings. The number of phenolic OH excluding ortho intramolecular Hbond substituents is 1. The highest BCUT2D eigenvalue weighted by Gasteiger charge is 2.04. The normalized spacial score (nSPS) is 10.2. The Kier molecular flexibility index (Phi) is 5.42. The van der Waals surface area contributed by atoms with E-state index >= 15 is 0 Å². The summed E-state index contributed by atoms with van der Waals surface area (Å²) in [6.45, 7) is 2.66. The van der Waals surface area contributed by atoms with E-state index in [1.54, 1.807) is 12.1 Å². The van der Waals surface area contributed by atoms with Gasteiger partial charge in [0.05, 0.1) is 10.7 Å². The minimum Gasteiger partial charge on any atom is -0.508 e. The maximum atomic E-state index is 9.22. The van der Waals surface area contributed by atoms with E-state index in [-0.39, 0.29) is 5.75 Å². The molecular weight excluding hydrogens is 304 g/mol. The molecule has 110 valence electrons. The third-order valence-electron chi connectivity index (χ3n) is 3.08. The van der Waals surface area contributed by atoms with Crippen LogP contribution in [0.25, 0.3) is 0 Å². The standard InChI is InChI=1S/C16H17ClN2OS/c1-11-3-2-4-14(15(11)17)19-16(21)18-10-9-12-5-7-13(20)8-6-12/h2-8,20H,9-10H2,1H3,(H2,18,19,21). The SMILES string of the molecule is Cc1cccc(NC(=S)NCCc2ccc(O)cc2)c1Cl. The van der Waals surface area contributed by atoms with Crippen molar-refractivity contribution in [2.24, 2.45) is 0 Å². The number of phenols is 1. The zero-order valence-electron chi connectivity index (χ0n) is 11.7. The number of benzene rings is 2. The largest absolute Gasteiger partial charge is 0.508 e. The van der Waals surface area contributed by atoms with Gasteiger partial charge in [-0.1, -0.05) is 35.9 Å². The van der Waals surface area contributed by atoms with E-state index in [9.17, 15) is 5.11 Å². The van der Waals surface area contributed by atoms with E-state index in [2.05, 4.69) is 10.6 Å². The van der Waals surface area contributed by atoms with Crippen LogP contribution in [0.15, 0.2) is 42.5 Å². The first-order chi connectivity index (χ1) is 10.1. The molecule has 0 bridgehead atoms. The molecular formula is C16H17ClN2OS. The van der Waals surface area contributed by atoms with Crippen molar-refractivity contribution in [1.82, 2.24) is 5.32 Å². The van der Waals surface area contributed by atoms with Gasteiger partial charge in [-0.3, -0.25) is 0 Å². The topological polar surface area (TPSA) is 44.3 Å². The number of rotatable bonds is 4. The third-order valence-corrected chi connectivity index (χ3v) is 3.82. The van der Waals surface area contributed by atoms with Gasteiger partial charge < -0.3 is 15.7 Å². The minimum atomic E-state index is 0.276. The van der Waals surface area contributed by atoms with Gasteiger partial charge >= 0.3 is 0 Å². The number of hydrogen-bond acceptors (Lipinski definition) is 2. The summed E-state index contributed by atoms with van der Waals surface area (Å²) in [5, 5.41) is 16.7. The lowest BCUT2D eigenvalue weighted by Crippen LogP contribution is -2.30. The Labute approximate surface area is 135 Å². The number of aryl methyl sites for hydroxylation is 1. The molecule has 0 unspecified atom stereocenters. The predicted molar refractivity (Wildman–Crippen MR) is 92.2 cm³/mol. The van der Waals surface area contributed by atoms with Crippen LogP contribution in [0.2, 0.25) is 5.02 Å². The second kappa shape index (κ2) is 7.29. The molecule has 0 saturated carbocycles. The Morgan fingerprint density at radius 2 is 1.90 bits per heavy atom. The summed E-state index contributed by atoms with van der Waals surface area (Å²) in [7, 11) is 0. The Hall–Kier alpha value is -1.78. The number of halogens is 1. The van der Waals surface area contributed by atoms with E-state index in [1.807, 2.05) is 37.3 Å². The van der Waals surface area contributed by atoms with Crippen LogP contribution in [0.1, 0.15) is 11.1 Å². The number of aromatic hydroxyl groups is 1. The van der Waals surface area contributed by atoms with Crippen LogP contribution in [0.4, 0.5) is 5.69 Å². The molecule has 0 aliphatic carbocycles. The third kappa shape index (κ3) is 4.62. The van der Waals surface area contributed by atoms with Gasteiger partial charge in [-0.2, -0.15) is 0 Å². The zero-order valence-corrected chi connectivity index (χ0v) is 13.3. The van der Waals surface area contributed by atoms with Crippen LogP contribution >= 0.6 is 23.8 Å². The zero-order chi connectivity index (χ0) is 15.2. The average Bonchev–Trinajstić information content (AvgIpc) is 2.46. The van der Waals surface area contributed by atoms with Crippen molar-refractivity contribution in [3.05, 3.63) is 58.6 Å². The molecule has 5 heteroatoms. The molecule has 0 atom stereocenters. The summed E-state index contributed by atoms with van der Waals surface area (Å²) in [5.41, 5.74) is 2.95. The smallest absolute Gasteiger partial charge is 0.170 e. The second-order valence-electron chi connectivity index (χ2n) is 4.73. The molecule has 0 aliphatic rings. The molecule has 3 nitrogen and oxygen atoms in total. The fourth-order valence-electron chi connectivity index (χ4n) is 1.89. The molecule has 2 rings (SSSR count). The molecule has 0 heterocycles. The highest BCUT2D eigenvalue weighted by atomic mass is 35.5. The summed E-state index contributed by atoms with van der Waals surface area (Å²) >= 11 is 11.5. The van der Waals surface area contributed by atoms with Crippen LogP contribution < -0.4 is 10.6 Å². The maximum absolute atomic E-state index is 9.22. The number of anilines is 1. The maximum Gasteiger partial charge on any atom is 0.170 e. The molecule has 21 heavy (non-hydrogen) atoms. The Morgan fingerprint density at radius 3 is 2.62 bits per heavy atom. The van der Waals surface area contributed by atoms with Crippen molar-refractivity contribution in [2.75, 3.05) is 11.9 Å². The van der Waals surface area contributed by atoms with Crippen LogP contribution in [0.3, 0.4) is 0 Å². The van der Waals surface area contributed by atoms with Crippen LogP contribution in [-0.4, -0.2) is 16.8 Å². The lowest BCUT2D eigenvalue weighted by molar-refractivity contribution is 0.475. The molecule has 0 amide bonds. The Balaban J connectivity index is 1.82. The van der Waals surface area contributed by atoms with Gasteiger partial charge in [0.15, 0.2) is 5.11 Å². The van der Waals surface area contributed by atoms with Gasteiger partial charge in [-0.15, -0.1) is 0 Å². The molecule has 0 aliphatic heterocycles. The number of nitrogens with one attached hydrogen (secondary N) is 2. The fraction of sp³-hybridized carbons (Fsp3) is 0.188. The van der Waals surface area contributed by atoms with Gasteiger partial charge in [0, 0.05) is 6.54 Å². The van der Waals surface area contributed by atoms with Crippen molar-refractivity contribution < 1.29 is 5.11 Å². The molecule has 0 spiro atoms. The number of hydrogen-bond donors (Lipinski definition) is 3. The van der Waals surface area contributed by atoms with E-state index in [4.69, 9.17) is 23.8 Å². The minimum absolute atomic E-state index is 0.276. The van der Waals surface area contributed by atoms with E-state index < -0.39 is 0 Å². The lowest BCUT2D eigenvalue weighted by atomic mass is 10.1. The van der Waals surface area contributed by atoms with Gasteiger partial charge in [0.1, 0.15) is 5.75 Å². The summed E-state index contributed by atoms with van der Waals surface area (Å²) in [4.78, 5) is 0. The highest BCUT2D eigenvalue weighted by molar-refractivity contribution is 7.80. The first-order valence-electron chi connectivity index (χ1n) is 6.64. The van der Waals surface area contributed by atoms with Crippen LogP contribution in [0, 0.1) is 6.92 Å². The van der Waals surface area contributed by atoms with E-state index in [0.29, 0.717) is 16.7 Å². The molecule has 0 radical (unpaired) electrons. The van der Waals surface area contributed by atoms with Crippen molar-refractivity contribution in [2.45, 2.75) is 13.3 Å². The Morgan fingerprint density at radius 1 is 1.19 bits per heavy atom. The number of thiocarbonyl (C=S) groups is 1. The van der Waals surface area contributed by atoms with Gasteiger partial charge in [-0.25, -0.2) is 0 Å². The summed E-state index contributed by atoms with van der Waals surface area (Å²) < 4.78 is 0. The monoisotopic (exact) mass is 320 g/mol. The van der Waals surface area contributed by atoms with Crippen molar-refractivity contribution in [3.8, 4) is 5.75 Å². The molecule has 0 saturated heterocycles. The first-order valence-corrected chi connectivity index (χ1v) is 7.43. The van der Waals surface area contributed by atoms with Crippen LogP contribution in [-0.2, 0) is 6.42 Å². The van der Waals surface area contributed by atoms with Crippen molar-refractivity contribution >= 4 is 34.6 Å². The molecule has 0 aromatic heterocycles. The summed E-state index contributed by atoms with van der Waals surface area (Å²) in [6.07, 6.45) is 0.823. The van der Waals surface area contributed by atoms with E-state index in [0.717, 1.165) is 23.2 Å². The molecule has 2 aromatic carbocycles. The predicted octanol–water partition coefficient (Wildman–Crippen LogP) is 3.88. The van der Waals surface area contributed by atoms with Gasteiger partial charge in [0.2, 0.25) is 0 Å². The van der Waals surface area contributed by atoms with Crippen molar-refractivity contribution in [3.63, 3.8) is 0 Å². The average molecular weight is 321 g/mol. The van der Waals surface area contributed by atoms with Gasteiger partial charge in [0.25, 0.3) is 0 Å². The van der Waals surface area contributed by atoms with E-state index in [1.165, 1.54) is 0 Å². The second-order valence-corrected chi connectivity index (χ2v) is 5.52. The Bertz CT molecular complexity index is 629. The first kappa shape index (κ1) is 15.6. The lowest BCUT2D eigenvalue weighted by Gasteiger charge is -2.12. The summed E-state index contributed by atoms with van der Waals surface area (Å²) in [5.74, 6) is 0.276. The molecule has 0 fully saturated rings. The van der Waals surface area contributed by atoms with Gasteiger partial charge in [-0.05, 0) is 54.9 Å². The van der Waals surface area contributed by atoms with Crippen LogP contribution in [0.5, 0.6) is 5.75 Å². The summed E-state index contributed by atoms with van der Waals surface area (Å²) in [6, 6.07) is 12.9. The van der Waals surface area contributed by atoms with Crippen molar-refractivity contribution in [1.29, 1.82) is 0 Å².